The van der Waals surface area contributed by atoms with Gasteiger partial charge in [-0.15, -0.1) is 5.10 Å². The van der Waals surface area contributed by atoms with Crippen LogP contribution in [-0.2, 0) is 12.8 Å². The minimum Gasteiger partial charge on any atom is -0.493 e. The SMILES string of the molecule is COc1cc2ncnc(-n3nc(Nc4ccc5c(c4)CCCN(C4CCCC4)CC5)nc3N)c2cc1OC. The molecular weight excluding hydrogens is 480 g/mol. The van der Waals surface area contributed by atoms with Crippen LogP contribution < -0.4 is 20.5 Å². The zero-order chi connectivity index (χ0) is 26.1. The second kappa shape index (κ2) is 10.4. The molecule has 1 aliphatic heterocycles. The fourth-order valence-corrected chi connectivity index (χ4v) is 5.86. The molecule has 0 spiro atoms. The number of rotatable bonds is 6. The van der Waals surface area contributed by atoms with Gasteiger partial charge in [0.1, 0.15) is 6.33 Å². The average Bonchev–Trinajstić information content (AvgIpc) is 3.58. The molecule has 4 aromatic rings. The first-order valence-electron chi connectivity index (χ1n) is 13.4. The van der Waals surface area contributed by atoms with Crippen LogP contribution in [0.3, 0.4) is 0 Å². The number of ether oxygens (including phenoxy) is 2. The lowest BCUT2D eigenvalue weighted by Crippen LogP contribution is -2.37. The largest absolute Gasteiger partial charge is 0.493 e. The summed E-state index contributed by atoms with van der Waals surface area (Å²) >= 11 is 0. The van der Waals surface area contributed by atoms with Crippen LogP contribution in [0.4, 0.5) is 17.6 Å². The molecule has 10 heteroatoms. The average molecular weight is 515 g/mol. The highest BCUT2D eigenvalue weighted by Crippen LogP contribution is 2.34. The fraction of sp³-hybridized carbons (Fsp3) is 0.429. The third-order valence-corrected chi connectivity index (χ3v) is 7.82. The first-order valence-corrected chi connectivity index (χ1v) is 13.4. The molecule has 2 aromatic carbocycles. The lowest BCUT2D eigenvalue weighted by molar-refractivity contribution is 0.195. The summed E-state index contributed by atoms with van der Waals surface area (Å²) in [4.78, 5) is 16.0. The summed E-state index contributed by atoms with van der Waals surface area (Å²) in [6.07, 6.45) is 10.3. The van der Waals surface area contributed by atoms with E-state index in [2.05, 4.69) is 48.5 Å². The smallest absolute Gasteiger partial charge is 0.248 e. The normalized spacial score (nSPS) is 16.7. The molecule has 0 saturated heterocycles. The van der Waals surface area contributed by atoms with Crippen molar-refractivity contribution in [3.63, 3.8) is 0 Å². The molecule has 0 amide bonds. The highest BCUT2D eigenvalue weighted by Gasteiger charge is 2.24. The summed E-state index contributed by atoms with van der Waals surface area (Å²) in [6, 6.07) is 11.0. The number of hydrogen-bond donors (Lipinski definition) is 2. The molecule has 2 aromatic heterocycles. The number of anilines is 3. The number of benzene rings is 2. The number of nitrogens with zero attached hydrogens (tertiary/aromatic N) is 6. The van der Waals surface area contributed by atoms with Gasteiger partial charge < -0.3 is 25.4 Å². The Morgan fingerprint density at radius 2 is 1.74 bits per heavy atom. The van der Waals surface area contributed by atoms with Crippen LogP contribution in [0, 0.1) is 0 Å². The van der Waals surface area contributed by atoms with Crippen LogP contribution in [0.2, 0.25) is 0 Å². The first kappa shape index (κ1) is 24.4. The first-order chi connectivity index (χ1) is 18.6. The predicted octanol–water partition coefficient (Wildman–Crippen LogP) is 4.29. The fourth-order valence-electron chi connectivity index (χ4n) is 5.86. The summed E-state index contributed by atoms with van der Waals surface area (Å²) in [5.74, 6) is 2.30. The van der Waals surface area contributed by atoms with E-state index in [1.807, 2.05) is 6.07 Å². The Bertz CT molecular complexity index is 1450. The number of hydrogen-bond acceptors (Lipinski definition) is 9. The molecule has 1 fully saturated rings. The van der Waals surface area contributed by atoms with Crippen LogP contribution in [0.1, 0.15) is 43.2 Å². The number of nitrogen functional groups attached to an aromatic ring is 1. The van der Waals surface area contributed by atoms with E-state index in [0.29, 0.717) is 28.8 Å². The van der Waals surface area contributed by atoms with Crippen LogP contribution in [0.15, 0.2) is 36.7 Å². The van der Waals surface area contributed by atoms with E-state index in [-0.39, 0.29) is 5.95 Å². The van der Waals surface area contributed by atoms with Gasteiger partial charge in [0.2, 0.25) is 11.9 Å². The number of methoxy groups -OCH3 is 2. The van der Waals surface area contributed by atoms with Crippen molar-refractivity contribution >= 4 is 28.5 Å². The molecule has 0 bridgehead atoms. The molecule has 0 radical (unpaired) electrons. The van der Waals surface area contributed by atoms with Gasteiger partial charge in [-0.2, -0.15) is 9.67 Å². The van der Waals surface area contributed by atoms with Crippen molar-refractivity contribution in [1.82, 2.24) is 29.6 Å². The van der Waals surface area contributed by atoms with E-state index in [9.17, 15) is 0 Å². The van der Waals surface area contributed by atoms with Crippen molar-refractivity contribution in [2.24, 2.45) is 0 Å². The molecule has 198 valence electrons. The van der Waals surface area contributed by atoms with E-state index in [1.165, 1.54) is 60.8 Å². The number of aryl methyl sites for hydroxylation is 1. The zero-order valence-electron chi connectivity index (χ0n) is 22.0. The van der Waals surface area contributed by atoms with Gasteiger partial charge >= 0.3 is 0 Å². The predicted molar refractivity (Wildman–Crippen MR) is 148 cm³/mol. The van der Waals surface area contributed by atoms with Gasteiger partial charge in [-0.3, -0.25) is 0 Å². The molecule has 3 N–H and O–H groups in total. The molecule has 0 atom stereocenters. The Morgan fingerprint density at radius 1 is 0.921 bits per heavy atom. The van der Waals surface area contributed by atoms with Crippen LogP contribution in [0.25, 0.3) is 16.7 Å². The molecule has 3 heterocycles. The Balaban J connectivity index is 1.23. The lowest BCUT2D eigenvalue weighted by atomic mass is 9.96. The Labute approximate surface area is 222 Å². The quantitative estimate of drug-likeness (QED) is 0.389. The van der Waals surface area contributed by atoms with Crippen molar-refractivity contribution < 1.29 is 9.47 Å². The minimum atomic E-state index is 0.223. The van der Waals surface area contributed by atoms with E-state index in [4.69, 9.17) is 15.2 Å². The monoisotopic (exact) mass is 514 g/mol. The Morgan fingerprint density at radius 3 is 2.55 bits per heavy atom. The van der Waals surface area contributed by atoms with Gasteiger partial charge in [0.25, 0.3) is 0 Å². The number of fused-ring (bicyclic) bond motifs is 2. The van der Waals surface area contributed by atoms with Crippen LogP contribution in [0.5, 0.6) is 11.5 Å². The number of nitrogens with one attached hydrogen (secondary N) is 1. The summed E-state index contributed by atoms with van der Waals surface area (Å²) in [5, 5.41) is 8.69. The highest BCUT2D eigenvalue weighted by atomic mass is 16.5. The molecule has 1 saturated carbocycles. The maximum atomic E-state index is 6.29. The Hall–Kier alpha value is -3.92. The van der Waals surface area contributed by atoms with Crippen molar-refractivity contribution in [2.45, 2.75) is 51.0 Å². The molecule has 38 heavy (non-hydrogen) atoms. The summed E-state index contributed by atoms with van der Waals surface area (Å²) < 4.78 is 12.4. The standard InChI is InChI=1S/C28H34N8O2/c1-37-24-15-22-23(16-25(24)38-2)30-17-31-26(22)36-27(29)33-28(34-36)32-20-10-9-18-11-13-35(21-7-3-4-8-21)12-5-6-19(18)14-20/h9-10,14-17,21H,3-8,11-13H2,1-2H3,(H3,29,32,33,34). The zero-order valence-corrected chi connectivity index (χ0v) is 22.0. The van der Waals surface area contributed by atoms with Gasteiger partial charge in [0.15, 0.2) is 17.3 Å². The van der Waals surface area contributed by atoms with Gasteiger partial charge in [-0.1, -0.05) is 18.9 Å². The van der Waals surface area contributed by atoms with Crippen LogP contribution in [-0.4, -0.2) is 63.0 Å². The number of aromatic nitrogens is 5. The maximum absolute atomic E-state index is 6.29. The van der Waals surface area contributed by atoms with E-state index in [0.717, 1.165) is 36.5 Å². The second-order valence-electron chi connectivity index (χ2n) is 10.1. The topological polar surface area (TPSA) is 116 Å². The lowest BCUT2D eigenvalue weighted by Gasteiger charge is -2.31. The van der Waals surface area contributed by atoms with E-state index < -0.39 is 0 Å². The highest BCUT2D eigenvalue weighted by molar-refractivity contribution is 5.88. The van der Waals surface area contributed by atoms with Gasteiger partial charge in [0.05, 0.1) is 19.7 Å². The second-order valence-corrected chi connectivity index (χ2v) is 10.1. The van der Waals surface area contributed by atoms with Crippen molar-refractivity contribution in [1.29, 1.82) is 0 Å². The summed E-state index contributed by atoms with van der Waals surface area (Å²) in [7, 11) is 3.18. The Kier molecular flexibility index (Phi) is 6.71. The molecule has 0 unspecified atom stereocenters. The van der Waals surface area contributed by atoms with E-state index >= 15 is 0 Å². The van der Waals surface area contributed by atoms with Gasteiger partial charge in [-0.25, -0.2) is 9.97 Å². The summed E-state index contributed by atoms with van der Waals surface area (Å²) in [5.41, 5.74) is 10.8. The molecule has 1 aliphatic carbocycles. The minimum absolute atomic E-state index is 0.223. The third kappa shape index (κ3) is 4.71. The molecule has 10 nitrogen and oxygen atoms in total. The van der Waals surface area contributed by atoms with Gasteiger partial charge in [-0.05, 0) is 68.0 Å². The van der Waals surface area contributed by atoms with Gasteiger partial charge in [0, 0.05) is 29.7 Å². The van der Waals surface area contributed by atoms with Crippen LogP contribution >= 0.6 is 0 Å². The number of nitrogens with two attached hydrogens (primary N) is 1. The summed E-state index contributed by atoms with van der Waals surface area (Å²) in [6.45, 7) is 2.34. The molecule has 2 aliphatic rings. The van der Waals surface area contributed by atoms with E-state index in [1.54, 1.807) is 20.3 Å². The maximum Gasteiger partial charge on any atom is 0.248 e. The third-order valence-electron chi connectivity index (χ3n) is 7.82. The molecule has 6 rings (SSSR count). The van der Waals surface area contributed by atoms with Crippen molar-refractivity contribution in [3.8, 4) is 17.3 Å². The molecular formula is C28H34N8O2. The van der Waals surface area contributed by atoms with Crippen molar-refractivity contribution in [2.75, 3.05) is 38.4 Å². The van der Waals surface area contributed by atoms with Crippen molar-refractivity contribution in [3.05, 3.63) is 47.8 Å².